The number of carboxylic acid groups (broad SMARTS) is 1. The van der Waals surface area contributed by atoms with E-state index in [1.807, 2.05) is 26.0 Å². The maximum atomic E-state index is 12.4. The van der Waals surface area contributed by atoms with E-state index in [1.54, 1.807) is 4.57 Å². The Morgan fingerprint density at radius 3 is 2.33 bits per heavy atom. The lowest BCUT2D eigenvalue weighted by Crippen LogP contribution is -2.19. The standard InChI is InChI=1S/C19H17N3O7S/c1-11-3-4-12(2)22(11)16-9-13(5-7-15(16)19(24)25)18(23)21-20-10-14-6-8-17(29-14)30(26,27)28/h3-10H,1-2H3,(H,21,23)(H,24,25)(H,26,27,28). The van der Waals surface area contributed by atoms with Gasteiger partial charge in [-0.2, -0.15) is 13.5 Å². The number of carboxylic acids is 1. The predicted octanol–water partition coefficient (Wildman–Crippen LogP) is 2.40. The maximum absolute atomic E-state index is 12.4. The molecule has 0 radical (unpaired) electrons. The number of hydrogen-bond donors (Lipinski definition) is 3. The first kappa shape index (κ1) is 21.0. The second-order valence-corrected chi connectivity index (χ2v) is 7.67. The highest BCUT2D eigenvalue weighted by atomic mass is 32.2. The molecule has 0 aliphatic heterocycles. The fourth-order valence-electron chi connectivity index (χ4n) is 2.85. The van der Waals surface area contributed by atoms with Crippen LogP contribution in [0.4, 0.5) is 0 Å². The normalized spacial score (nSPS) is 11.7. The van der Waals surface area contributed by atoms with Crippen LogP contribution in [0.1, 0.15) is 37.9 Å². The number of benzene rings is 1. The van der Waals surface area contributed by atoms with Crippen LogP contribution in [-0.2, 0) is 10.1 Å². The molecule has 11 heteroatoms. The summed E-state index contributed by atoms with van der Waals surface area (Å²) in [6.45, 7) is 3.64. The van der Waals surface area contributed by atoms with Gasteiger partial charge in [-0.1, -0.05) is 0 Å². The Morgan fingerprint density at radius 1 is 1.10 bits per heavy atom. The van der Waals surface area contributed by atoms with Crippen molar-refractivity contribution in [1.82, 2.24) is 9.99 Å². The summed E-state index contributed by atoms with van der Waals surface area (Å²) in [6, 6.07) is 10.1. The van der Waals surface area contributed by atoms with Crippen LogP contribution >= 0.6 is 0 Å². The highest BCUT2D eigenvalue weighted by Gasteiger charge is 2.18. The minimum Gasteiger partial charge on any atom is -0.478 e. The quantitative estimate of drug-likeness (QED) is 0.308. The monoisotopic (exact) mass is 431 g/mol. The zero-order valence-corrected chi connectivity index (χ0v) is 16.7. The van der Waals surface area contributed by atoms with Crippen molar-refractivity contribution in [2.75, 3.05) is 0 Å². The molecule has 30 heavy (non-hydrogen) atoms. The fraction of sp³-hybridized carbons (Fsp3) is 0.105. The first-order valence-electron chi connectivity index (χ1n) is 8.51. The van der Waals surface area contributed by atoms with E-state index < -0.39 is 27.1 Å². The van der Waals surface area contributed by atoms with E-state index in [9.17, 15) is 23.1 Å². The number of nitrogens with one attached hydrogen (secondary N) is 1. The number of carbonyl (C=O) groups excluding carboxylic acids is 1. The summed E-state index contributed by atoms with van der Waals surface area (Å²) in [7, 11) is -4.48. The van der Waals surface area contributed by atoms with Crippen molar-refractivity contribution in [3.05, 3.63) is 70.7 Å². The van der Waals surface area contributed by atoms with Gasteiger partial charge in [0.05, 0.1) is 17.5 Å². The fourth-order valence-corrected chi connectivity index (χ4v) is 3.29. The largest absolute Gasteiger partial charge is 0.478 e. The summed E-state index contributed by atoms with van der Waals surface area (Å²) in [5.74, 6) is -1.76. The van der Waals surface area contributed by atoms with E-state index in [0.29, 0.717) is 5.69 Å². The molecule has 2 aromatic heterocycles. The zero-order chi connectivity index (χ0) is 22.1. The second-order valence-electron chi connectivity index (χ2n) is 6.32. The molecule has 0 unspecified atom stereocenters. The summed E-state index contributed by atoms with van der Waals surface area (Å²) >= 11 is 0. The lowest BCUT2D eigenvalue weighted by Gasteiger charge is -2.14. The molecule has 0 bridgehead atoms. The van der Waals surface area contributed by atoms with Crippen molar-refractivity contribution in [3.63, 3.8) is 0 Å². The molecule has 0 saturated heterocycles. The molecule has 3 rings (SSSR count). The molecule has 156 valence electrons. The van der Waals surface area contributed by atoms with E-state index in [1.165, 1.54) is 24.3 Å². The number of hydrogen-bond acceptors (Lipinski definition) is 6. The molecule has 0 atom stereocenters. The molecule has 10 nitrogen and oxygen atoms in total. The van der Waals surface area contributed by atoms with Gasteiger partial charge in [0, 0.05) is 17.0 Å². The number of hydrazone groups is 1. The minimum atomic E-state index is -4.48. The second kappa shape index (κ2) is 7.97. The van der Waals surface area contributed by atoms with Crippen molar-refractivity contribution >= 4 is 28.2 Å². The average molecular weight is 431 g/mol. The Labute approximate surface area is 171 Å². The number of amides is 1. The molecular formula is C19H17N3O7S. The van der Waals surface area contributed by atoms with Crippen molar-refractivity contribution in [3.8, 4) is 5.69 Å². The Hall–Kier alpha value is -3.70. The molecule has 0 aliphatic carbocycles. The number of carbonyl (C=O) groups is 2. The third-order valence-corrected chi connectivity index (χ3v) is 4.94. The number of nitrogens with zero attached hydrogens (tertiary/aromatic N) is 2. The van der Waals surface area contributed by atoms with Crippen molar-refractivity contribution in [2.45, 2.75) is 18.9 Å². The van der Waals surface area contributed by atoms with Gasteiger partial charge in [0.2, 0.25) is 5.09 Å². The van der Waals surface area contributed by atoms with Gasteiger partial charge >= 0.3 is 16.1 Å². The van der Waals surface area contributed by atoms with Crippen LogP contribution in [0.5, 0.6) is 0 Å². The Balaban J connectivity index is 1.85. The highest BCUT2D eigenvalue weighted by molar-refractivity contribution is 7.85. The maximum Gasteiger partial charge on any atom is 0.337 e. The van der Waals surface area contributed by atoms with Crippen LogP contribution < -0.4 is 5.43 Å². The highest BCUT2D eigenvalue weighted by Crippen LogP contribution is 2.22. The topological polar surface area (TPSA) is 151 Å². The number of aromatic nitrogens is 1. The zero-order valence-electron chi connectivity index (χ0n) is 15.9. The van der Waals surface area contributed by atoms with Gasteiger partial charge in [-0.15, -0.1) is 0 Å². The number of aryl methyl sites for hydroxylation is 2. The van der Waals surface area contributed by atoms with Crippen molar-refractivity contribution in [1.29, 1.82) is 0 Å². The van der Waals surface area contributed by atoms with Crippen LogP contribution in [0.2, 0.25) is 0 Å². The van der Waals surface area contributed by atoms with E-state index in [2.05, 4.69) is 10.5 Å². The van der Waals surface area contributed by atoms with Gasteiger partial charge in [0.25, 0.3) is 5.91 Å². The van der Waals surface area contributed by atoms with Crippen LogP contribution in [0.15, 0.2) is 57.1 Å². The Morgan fingerprint density at radius 2 is 1.77 bits per heavy atom. The van der Waals surface area contributed by atoms with Crippen LogP contribution in [0.25, 0.3) is 5.69 Å². The molecule has 3 aromatic rings. The number of furan rings is 1. The summed E-state index contributed by atoms with van der Waals surface area (Å²) in [5.41, 5.74) is 4.39. The summed E-state index contributed by atoms with van der Waals surface area (Å²) in [6.07, 6.45) is 1.05. The summed E-state index contributed by atoms with van der Waals surface area (Å²) in [5, 5.41) is 12.5. The number of aromatic carboxylic acids is 1. The van der Waals surface area contributed by atoms with E-state index in [-0.39, 0.29) is 16.9 Å². The van der Waals surface area contributed by atoms with Gasteiger partial charge < -0.3 is 14.1 Å². The van der Waals surface area contributed by atoms with Crippen LogP contribution in [0.3, 0.4) is 0 Å². The average Bonchev–Trinajstić information content (AvgIpc) is 3.27. The van der Waals surface area contributed by atoms with Gasteiger partial charge in [0.1, 0.15) is 5.76 Å². The molecule has 1 amide bonds. The van der Waals surface area contributed by atoms with Gasteiger partial charge in [-0.05, 0) is 56.3 Å². The van der Waals surface area contributed by atoms with Crippen molar-refractivity contribution in [2.24, 2.45) is 5.10 Å². The lowest BCUT2D eigenvalue weighted by atomic mass is 10.1. The van der Waals surface area contributed by atoms with Gasteiger partial charge in [-0.3, -0.25) is 9.35 Å². The first-order chi connectivity index (χ1) is 14.1. The molecule has 3 N–H and O–H groups in total. The molecule has 0 spiro atoms. The predicted molar refractivity (Wildman–Crippen MR) is 106 cm³/mol. The molecule has 0 aliphatic rings. The van der Waals surface area contributed by atoms with Crippen molar-refractivity contribution < 1.29 is 32.1 Å². The Bertz CT molecular complexity index is 1250. The molecule has 1 aromatic carbocycles. The SMILES string of the molecule is Cc1ccc(C)n1-c1cc(C(=O)NN=Cc2ccc(S(=O)(=O)O)o2)ccc1C(=O)O. The number of rotatable bonds is 6. The molecule has 0 saturated carbocycles. The van der Waals surface area contributed by atoms with E-state index in [0.717, 1.165) is 23.7 Å². The minimum absolute atomic E-state index is 0.0107. The third-order valence-electron chi connectivity index (χ3n) is 4.22. The molecular weight excluding hydrogens is 414 g/mol. The lowest BCUT2D eigenvalue weighted by molar-refractivity contribution is 0.0696. The van der Waals surface area contributed by atoms with Crippen LogP contribution in [0, 0.1) is 13.8 Å². The van der Waals surface area contributed by atoms with Gasteiger partial charge in [-0.25, -0.2) is 10.2 Å². The smallest absolute Gasteiger partial charge is 0.337 e. The third kappa shape index (κ3) is 4.31. The molecule has 0 fully saturated rings. The molecule has 2 heterocycles. The summed E-state index contributed by atoms with van der Waals surface area (Å²) in [4.78, 5) is 24.0. The first-order valence-corrected chi connectivity index (χ1v) is 9.95. The summed E-state index contributed by atoms with van der Waals surface area (Å²) < 4.78 is 37.4. The van der Waals surface area contributed by atoms with Crippen LogP contribution in [-0.4, -0.2) is 40.7 Å². The van der Waals surface area contributed by atoms with E-state index in [4.69, 9.17) is 8.97 Å². The van der Waals surface area contributed by atoms with E-state index >= 15 is 0 Å². The Kier molecular flexibility index (Phi) is 5.58. The van der Waals surface area contributed by atoms with Gasteiger partial charge in [0.15, 0.2) is 0 Å².